The fourth-order valence-electron chi connectivity index (χ4n) is 4.32. The minimum absolute atomic E-state index is 0.0628. The molecule has 0 aromatic carbocycles. The fraction of sp³-hybridized carbons (Fsp3) is 0.773. The van der Waals surface area contributed by atoms with Crippen LogP contribution in [0.1, 0.15) is 72.6 Å². The van der Waals surface area contributed by atoms with E-state index in [2.05, 4.69) is 21.9 Å². The lowest BCUT2D eigenvalue weighted by molar-refractivity contribution is -0.136. The summed E-state index contributed by atoms with van der Waals surface area (Å²) in [5.74, 6) is 2.08. The Bertz CT molecular complexity index is 656. The molecule has 7 heteroatoms. The molecule has 2 fully saturated rings. The summed E-state index contributed by atoms with van der Waals surface area (Å²) < 4.78 is 0. The summed E-state index contributed by atoms with van der Waals surface area (Å²) >= 11 is 0. The smallest absolute Gasteiger partial charge is 0.316 e. The van der Waals surface area contributed by atoms with E-state index in [4.69, 9.17) is 6.42 Å². The first kappa shape index (κ1) is 23.1. The first-order valence-electron chi connectivity index (χ1n) is 10.7. The molecule has 2 rings (SSSR count). The quantitative estimate of drug-likeness (QED) is 0.614. The third kappa shape index (κ3) is 5.65. The summed E-state index contributed by atoms with van der Waals surface area (Å²) in [6, 6.07) is -0.975. The Labute approximate surface area is 174 Å². The lowest BCUT2D eigenvalue weighted by atomic mass is 9.80. The van der Waals surface area contributed by atoms with Gasteiger partial charge in [0.05, 0.1) is 6.54 Å². The number of rotatable bonds is 5. The van der Waals surface area contributed by atoms with Crippen molar-refractivity contribution >= 4 is 17.8 Å². The number of terminal acetylenes is 1. The highest BCUT2D eigenvalue weighted by molar-refractivity contribution is 5.93. The van der Waals surface area contributed by atoms with Crippen LogP contribution in [0.15, 0.2) is 0 Å². The van der Waals surface area contributed by atoms with E-state index in [0.717, 1.165) is 32.1 Å². The molecule has 1 saturated heterocycles. The third-order valence-corrected chi connectivity index (χ3v) is 6.07. The number of urea groups is 1. The molecular formula is C22H36N4O3. The van der Waals surface area contributed by atoms with Crippen LogP contribution in [0.4, 0.5) is 4.79 Å². The van der Waals surface area contributed by atoms with Crippen molar-refractivity contribution in [3.8, 4) is 12.3 Å². The number of hydrogen-bond donors (Lipinski definition) is 3. The van der Waals surface area contributed by atoms with E-state index in [9.17, 15) is 14.4 Å². The minimum Gasteiger partial charge on any atom is -0.343 e. The van der Waals surface area contributed by atoms with E-state index >= 15 is 0 Å². The average Bonchev–Trinajstić information content (AvgIpc) is 3.09. The van der Waals surface area contributed by atoms with Crippen LogP contribution < -0.4 is 16.0 Å². The van der Waals surface area contributed by atoms with E-state index in [1.165, 1.54) is 0 Å². The Morgan fingerprint density at radius 2 is 1.83 bits per heavy atom. The van der Waals surface area contributed by atoms with Gasteiger partial charge in [-0.15, -0.1) is 6.42 Å². The van der Waals surface area contributed by atoms with E-state index in [0.29, 0.717) is 19.4 Å². The second-order valence-electron chi connectivity index (χ2n) is 9.45. The van der Waals surface area contributed by atoms with Crippen molar-refractivity contribution < 1.29 is 14.4 Å². The Morgan fingerprint density at radius 1 is 1.17 bits per heavy atom. The summed E-state index contributed by atoms with van der Waals surface area (Å²) in [5.41, 5.74) is -1.44. The van der Waals surface area contributed by atoms with Crippen molar-refractivity contribution in [2.75, 3.05) is 13.1 Å². The van der Waals surface area contributed by atoms with Crippen molar-refractivity contribution in [1.29, 1.82) is 0 Å². The Hall–Kier alpha value is -2.23. The molecular weight excluding hydrogens is 368 g/mol. The number of nitrogens with one attached hydrogen (secondary N) is 3. The van der Waals surface area contributed by atoms with Gasteiger partial charge in [-0.05, 0) is 38.0 Å². The van der Waals surface area contributed by atoms with Crippen molar-refractivity contribution in [2.24, 2.45) is 5.41 Å². The normalized spacial score (nSPS) is 22.3. The predicted molar refractivity (Wildman–Crippen MR) is 113 cm³/mol. The van der Waals surface area contributed by atoms with Crippen LogP contribution in [0.2, 0.25) is 0 Å². The van der Waals surface area contributed by atoms with Gasteiger partial charge in [0.15, 0.2) is 0 Å². The SMILES string of the molecule is C#CCNC(=O)C1(NC(=O)NC(C(=O)N2CCCC2C)C(C)(C)C)CCCCC1. The summed E-state index contributed by atoms with van der Waals surface area (Å²) in [4.78, 5) is 40.7. The lowest BCUT2D eigenvalue weighted by Gasteiger charge is -2.39. The molecule has 2 atom stereocenters. The van der Waals surface area contributed by atoms with Gasteiger partial charge in [0.25, 0.3) is 0 Å². The zero-order valence-corrected chi connectivity index (χ0v) is 18.3. The molecule has 2 aliphatic rings. The summed E-state index contributed by atoms with van der Waals surface area (Å²) in [6.45, 7) is 8.69. The molecule has 1 aliphatic heterocycles. The highest BCUT2D eigenvalue weighted by atomic mass is 16.2. The molecule has 1 saturated carbocycles. The van der Waals surface area contributed by atoms with E-state index in [1.54, 1.807) is 0 Å². The van der Waals surface area contributed by atoms with Crippen LogP contribution in [0, 0.1) is 17.8 Å². The standard InChI is InChI=1S/C22H36N4O3/c1-6-14-23-19(28)22(12-8-7-9-13-22)25-20(29)24-17(21(3,4)5)18(27)26-15-10-11-16(26)2/h1,16-17H,7-15H2,2-5H3,(H,23,28)(H2,24,25,29). The van der Waals surface area contributed by atoms with Crippen LogP contribution >= 0.6 is 0 Å². The van der Waals surface area contributed by atoms with Gasteiger partial charge in [-0.2, -0.15) is 0 Å². The topological polar surface area (TPSA) is 90.5 Å². The van der Waals surface area contributed by atoms with Crippen LogP contribution in [-0.2, 0) is 9.59 Å². The van der Waals surface area contributed by atoms with Gasteiger partial charge in [-0.25, -0.2) is 4.79 Å². The van der Waals surface area contributed by atoms with Crippen molar-refractivity contribution in [2.45, 2.75) is 90.3 Å². The van der Waals surface area contributed by atoms with Gasteiger partial charge in [-0.1, -0.05) is 46.0 Å². The Kier molecular flexibility index (Phi) is 7.56. The van der Waals surface area contributed by atoms with Crippen LogP contribution in [0.25, 0.3) is 0 Å². The van der Waals surface area contributed by atoms with Gasteiger partial charge in [0.1, 0.15) is 11.6 Å². The molecule has 162 valence electrons. The second-order valence-corrected chi connectivity index (χ2v) is 9.45. The number of carbonyl (C=O) groups is 3. The van der Waals surface area contributed by atoms with Gasteiger partial charge in [-0.3, -0.25) is 9.59 Å². The molecule has 0 aromatic heterocycles. The Morgan fingerprint density at radius 3 is 2.34 bits per heavy atom. The number of carbonyl (C=O) groups excluding carboxylic acids is 3. The van der Waals surface area contributed by atoms with Gasteiger partial charge in [0.2, 0.25) is 11.8 Å². The zero-order valence-electron chi connectivity index (χ0n) is 18.3. The molecule has 7 nitrogen and oxygen atoms in total. The number of amides is 4. The first-order chi connectivity index (χ1) is 13.6. The zero-order chi connectivity index (χ0) is 21.7. The van der Waals surface area contributed by atoms with Gasteiger partial charge in [0, 0.05) is 12.6 Å². The molecule has 0 aromatic rings. The largest absolute Gasteiger partial charge is 0.343 e. The van der Waals surface area contributed by atoms with Crippen molar-refractivity contribution in [1.82, 2.24) is 20.9 Å². The summed E-state index contributed by atoms with van der Waals surface area (Å²) in [6.07, 6.45) is 11.1. The molecule has 0 spiro atoms. The summed E-state index contributed by atoms with van der Waals surface area (Å²) in [5, 5.41) is 8.49. The summed E-state index contributed by atoms with van der Waals surface area (Å²) in [7, 11) is 0. The average molecular weight is 405 g/mol. The molecule has 3 N–H and O–H groups in total. The van der Waals surface area contributed by atoms with E-state index in [-0.39, 0.29) is 24.4 Å². The first-order valence-corrected chi connectivity index (χ1v) is 10.7. The highest BCUT2D eigenvalue weighted by Gasteiger charge is 2.43. The minimum atomic E-state index is -0.981. The third-order valence-electron chi connectivity index (χ3n) is 6.07. The van der Waals surface area contributed by atoms with E-state index < -0.39 is 23.0 Å². The Balaban J connectivity index is 2.13. The van der Waals surface area contributed by atoms with Crippen molar-refractivity contribution in [3.63, 3.8) is 0 Å². The van der Waals surface area contributed by atoms with Gasteiger partial charge < -0.3 is 20.9 Å². The predicted octanol–water partition coefficient (Wildman–Crippen LogP) is 2.16. The molecule has 1 aliphatic carbocycles. The van der Waals surface area contributed by atoms with Crippen molar-refractivity contribution in [3.05, 3.63) is 0 Å². The molecule has 2 unspecified atom stereocenters. The fourth-order valence-corrected chi connectivity index (χ4v) is 4.32. The number of hydrogen-bond acceptors (Lipinski definition) is 3. The maximum atomic E-state index is 13.2. The second kappa shape index (κ2) is 9.51. The number of nitrogens with zero attached hydrogens (tertiary/aromatic N) is 1. The van der Waals surface area contributed by atoms with Crippen LogP contribution in [-0.4, -0.2) is 53.5 Å². The number of likely N-dealkylation sites (tertiary alicyclic amines) is 1. The molecule has 0 radical (unpaired) electrons. The molecule has 1 heterocycles. The van der Waals surface area contributed by atoms with E-state index in [1.807, 2.05) is 32.6 Å². The van der Waals surface area contributed by atoms with Crippen LogP contribution in [0.5, 0.6) is 0 Å². The maximum Gasteiger partial charge on any atom is 0.316 e. The molecule has 29 heavy (non-hydrogen) atoms. The molecule has 0 bridgehead atoms. The maximum absolute atomic E-state index is 13.2. The van der Waals surface area contributed by atoms with Gasteiger partial charge >= 0.3 is 6.03 Å². The monoisotopic (exact) mass is 404 g/mol. The molecule has 4 amide bonds. The lowest BCUT2D eigenvalue weighted by Crippen LogP contribution is -2.64. The highest BCUT2D eigenvalue weighted by Crippen LogP contribution is 2.29. The van der Waals surface area contributed by atoms with Crippen LogP contribution in [0.3, 0.4) is 0 Å².